The van der Waals surface area contributed by atoms with Crippen molar-refractivity contribution < 1.29 is 14.7 Å². The molecule has 0 aliphatic heterocycles. The normalized spacial score (nSPS) is 9.94. The molecule has 4 heteroatoms. The molecule has 0 spiro atoms. The molecule has 0 saturated heterocycles. The van der Waals surface area contributed by atoms with Crippen LogP contribution in [0.25, 0.3) is 0 Å². The molecule has 0 aliphatic carbocycles. The van der Waals surface area contributed by atoms with Crippen LogP contribution in [0.2, 0.25) is 0 Å². The molecular formula is C13H17NO3. The molecule has 92 valence electrons. The van der Waals surface area contributed by atoms with Gasteiger partial charge in [0.2, 0.25) is 0 Å². The van der Waals surface area contributed by atoms with Gasteiger partial charge in [-0.2, -0.15) is 0 Å². The fraction of sp³-hybridized carbons (Fsp3) is 0.385. The van der Waals surface area contributed by atoms with Gasteiger partial charge < -0.3 is 10.4 Å². The van der Waals surface area contributed by atoms with Crippen molar-refractivity contribution in [2.45, 2.75) is 26.2 Å². The zero-order valence-corrected chi connectivity index (χ0v) is 9.90. The zero-order chi connectivity index (χ0) is 12.7. The van der Waals surface area contributed by atoms with E-state index >= 15 is 0 Å². The van der Waals surface area contributed by atoms with Crippen LogP contribution in [0.15, 0.2) is 24.3 Å². The summed E-state index contributed by atoms with van der Waals surface area (Å²) in [6, 6.07) is 7.26. The summed E-state index contributed by atoms with van der Waals surface area (Å²) >= 11 is 0. The highest BCUT2D eigenvalue weighted by molar-refractivity contribution is 5.95. The molecule has 2 N–H and O–H groups in total. The maximum Gasteiger partial charge on any atom is 0.322 e. The topological polar surface area (TPSA) is 66.4 Å². The largest absolute Gasteiger partial charge is 0.480 e. The van der Waals surface area contributed by atoms with Gasteiger partial charge in [0.15, 0.2) is 0 Å². The van der Waals surface area contributed by atoms with E-state index in [4.69, 9.17) is 5.11 Å². The highest BCUT2D eigenvalue weighted by Crippen LogP contribution is 2.07. The number of aryl methyl sites for hydroxylation is 1. The number of carbonyl (C=O) groups is 2. The van der Waals surface area contributed by atoms with Crippen LogP contribution in [-0.2, 0) is 11.2 Å². The van der Waals surface area contributed by atoms with Gasteiger partial charge in [0.25, 0.3) is 5.91 Å². The van der Waals surface area contributed by atoms with Gasteiger partial charge in [0.1, 0.15) is 6.54 Å². The van der Waals surface area contributed by atoms with Gasteiger partial charge in [-0.25, -0.2) is 0 Å². The molecule has 17 heavy (non-hydrogen) atoms. The summed E-state index contributed by atoms with van der Waals surface area (Å²) in [5.74, 6) is -1.40. The predicted octanol–water partition coefficient (Wildman–Crippen LogP) is 1.84. The van der Waals surface area contributed by atoms with E-state index in [2.05, 4.69) is 12.2 Å². The van der Waals surface area contributed by atoms with Crippen LogP contribution < -0.4 is 5.32 Å². The Morgan fingerprint density at radius 2 is 1.88 bits per heavy atom. The second-order valence-electron chi connectivity index (χ2n) is 3.88. The molecule has 4 nitrogen and oxygen atoms in total. The molecule has 0 aromatic heterocycles. The minimum absolute atomic E-state index is 0.351. The van der Waals surface area contributed by atoms with Gasteiger partial charge in [-0.1, -0.05) is 25.5 Å². The summed E-state index contributed by atoms with van der Waals surface area (Å²) in [5.41, 5.74) is 1.69. The molecule has 1 amide bonds. The minimum atomic E-state index is -1.04. The number of benzene rings is 1. The Morgan fingerprint density at radius 3 is 2.41 bits per heavy atom. The number of carboxylic acids is 1. The molecule has 1 aromatic carbocycles. The van der Waals surface area contributed by atoms with E-state index in [1.54, 1.807) is 12.1 Å². The Hall–Kier alpha value is -1.84. The molecule has 0 bridgehead atoms. The Kier molecular flexibility index (Phi) is 5.20. The molecule has 0 aliphatic rings. The Bertz CT molecular complexity index is 384. The molecule has 0 heterocycles. The first-order valence-electron chi connectivity index (χ1n) is 5.72. The van der Waals surface area contributed by atoms with E-state index in [1.165, 1.54) is 5.56 Å². The summed E-state index contributed by atoms with van der Waals surface area (Å²) in [7, 11) is 0. The number of amides is 1. The lowest BCUT2D eigenvalue weighted by molar-refractivity contribution is -0.135. The average Bonchev–Trinajstić information content (AvgIpc) is 2.34. The van der Waals surface area contributed by atoms with E-state index < -0.39 is 5.97 Å². The van der Waals surface area contributed by atoms with Crippen molar-refractivity contribution in [3.63, 3.8) is 0 Å². The van der Waals surface area contributed by atoms with Crippen molar-refractivity contribution >= 4 is 11.9 Å². The van der Waals surface area contributed by atoms with Crippen molar-refractivity contribution in [3.05, 3.63) is 35.4 Å². The van der Waals surface area contributed by atoms with Gasteiger partial charge in [-0.15, -0.1) is 0 Å². The third-order valence-corrected chi connectivity index (χ3v) is 2.44. The van der Waals surface area contributed by atoms with E-state index in [9.17, 15) is 9.59 Å². The first kappa shape index (κ1) is 13.2. The van der Waals surface area contributed by atoms with Gasteiger partial charge in [0, 0.05) is 5.56 Å². The second-order valence-corrected chi connectivity index (χ2v) is 3.88. The van der Waals surface area contributed by atoms with E-state index in [-0.39, 0.29) is 12.5 Å². The highest BCUT2D eigenvalue weighted by atomic mass is 16.4. The first-order valence-corrected chi connectivity index (χ1v) is 5.72. The Labute approximate surface area is 101 Å². The summed E-state index contributed by atoms with van der Waals surface area (Å²) in [6.45, 7) is 1.78. The number of hydrogen-bond acceptors (Lipinski definition) is 2. The van der Waals surface area contributed by atoms with Crippen LogP contribution in [0, 0.1) is 0 Å². The van der Waals surface area contributed by atoms with Gasteiger partial charge in [-0.05, 0) is 30.5 Å². The molecule has 0 fully saturated rings. The maximum atomic E-state index is 11.5. The highest BCUT2D eigenvalue weighted by Gasteiger charge is 2.06. The van der Waals surface area contributed by atoms with Crippen LogP contribution in [-0.4, -0.2) is 23.5 Å². The fourth-order valence-electron chi connectivity index (χ4n) is 1.46. The molecule has 1 rings (SSSR count). The molecule has 0 atom stereocenters. The van der Waals surface area contributed by atoms with Crippen molar-refractivity contribution in [2.24, 2.45) is 0 Å². The number of unbranched alkanes of at least 4 members (excludes halogenated alkanes) is 1. The zero-order valence-electron chi connectivity index (χ0n) is 9.90. The lowest BCUT2D eigenvalue weighted by Gasteiger charge is -2.04. The smallest absolute Gasteiger partial charge is 0.322 e. The summed E-state index contributed by atoms with van der Waals surface area (Å²) < 4.78 is 0. The van der Waals surface area contributed by atoms with Crippen LogP contribution in [0.5, 0.6) is 0 Å². The lowest BCUT2D eigenvalue weighted by Crippen LogP contribution is -2.29. The number of carboxylic acid groups (broad SMARTS) is 1. The number of carbonyl (C=O) groups excluding carboxylic acids is 1. The third kappa shape index (κ3) is 4.68. The number of hydrogen-bond donors (Lipinski definition) is 2. The summed E-state index contributed by atoms with van der Waals surface area (Å²) in [6.07, 6.45) is 3.28. The van der Waals surface area contributed by atoms with E-state index in [0.717, 1.165) is 19.3 Å². The third-order valence-electron chi connectivity index (χ3n) is 2.44. The quantitative estimate of drug-likeness (QED) is 0.790. The lowest BCUT2D eigenvalue weighted by atomic mass is 10.1. The number of nitrogens with one attached hydrogen (secondary N) is 1. The fourth-order valence-corrected chi connectivity index (χ4v) is 1.46. The Morgan fingerprint density at radius 1 is 1.24 bits per heavy atom. The monoisotopic (exact) mass is 235 g/mol. The first-order chi connectivity index (χ1) is 8.13. The Balaban J connectivity index is 2.54. The minimum Gasteiger partial charge on any atom is -0.480 e. The van der Waals surface area contributed by atoms with Gasteiger partial charge in [0.05, 0.1) is 0 Å². The van der Waals surface area contributed by atoms with Crippen molar-refractivity contribution in [1.29, 1.82) is 0 Å². The average molecular weight is 235 g/mol. The second kappa shape index (κ2) is 6.68. The van der Waals surface area contributed by atoms with E-state index in [1.807, 2.05) is 12.1 Å². The van der Waals surface area contributed by atoms with Crippen molar-refractivity contribution in [2.75, 3.05) is 6.54 Å². The molecule has 0 unspecified atom stereocenters. The standard InChI is InChI=1S/C13H17NO3/c1-2-3-4-10-5-7-11(8-6-10)13(17)14-9-12(15)16/h5-8H,2-4,9H2,1H3,(H,14,17)(H,15,16). The van der Waals surface area contributed by atoms with Crippen molar-refractivity contribution in [3.8, 4) is 0 Å². The van der Waals surface area contributed by atoms with Crippen molar-refractivity contribution in [1.82, 2.24) is 5.32 Å². The predicted molar refractivity (Wildman–Crippen MR) is 65.0 cm³/mol. The van der Waals surface area contributed by atoms with Crippen LogP contribution >= 0.6 is 0 Å². The van der Waals surface area contributed by atoms with Gasteiger partial charge >= 0.3 is 5.97 Å². The summed E-state index contributed by atoms with van der Waals surface area (Å²) in [4.78, 5) is 21.8. The molecular weight excluding hydrogens is 218 g/mol. The maximum absolute atomic E-state index is 11.5. The van der Waals surface area contributed by atoms with Crippen LogP contribution in [0.4, 0.5) is 0 Å². The van der Waals surface area contributed by atoms with E-state index in [0.29, 0.717) is 5.56 Å². The van der Waals surface area contributed by atoms with Crippen LogP contribution in [0.3, 0.4) is 0 Å². The van der Waals surface area contributed by atoms with Gasteiger partial charge in [-0.3, -0.25) is 9.59 Å². The molecule has 0 radical (unpaired) electrons. The number of aliphatic carboxylic acids is 1. The molecule has 1 aromatic rings. The molecule has 0 saturated carbocycles. The summed E-state index contributed by atoms with van der Waals surface area (Å²) in [5, 5.41) is 10.8. The van der Waals surface area contributed by atoms with Crippen LogP contribution in [0.1, 0.15) is 35.7 Å². The number of rotatable bonds is 6. The SMILES string of the molecule is CCCCc1ccc(C(=O)NCC(=O)O)cc1.